The molecule has 0 aliphatic rings. The van der Waals surface area contributed by atoms with Gasteiger partial charge in [-0.05, 0) is 6.07 Å². The first-order valence-corrected chi connectivity index (χ1v) is 5.44. The van der Waals surface area contributed by atoms with Crippen molar-refractivity contribution in [3.63, 3.8) is 0 Å². The third-order valence-electron chi connectivity index (χ3n) is 1.99. The van der Waals surface area contributed by atoms with Crippen LogP contribution in [0.1, 0.15) is 5.56 Å². The lowest BCUT2D eigenvalue weighted by atomic mass is 10.2. The second kappa shape index (κ2) is 6.86. The maximum Gasteiger partial charge on any atom is 0.176 e. The molecule has 5 heteroatoms. The van der Waals surface area contributed by atoms with Gasteiger partial charge in [-0.15, -0.1) is 0 Å². The number of methoxy groups -OCH3 is 2. The largest absolute Gasteiger partial charge is 0.354 e. The third-order valence-corrected chi connectivity index (χ3v) is 2.83. The highest BCUT2D eigenvalue weighted by atomic mass is 35.5. The van der Waals surface area contributed by atoms with Crippen molar-refractivity contribution < 1.29 is 9.47 Å². The highest BCUT2D eigenvalue weighted by Gasteiger charge is 2.03. The Morgan fingerprint density at radius 1 is 1.31 bits per heavy atom. The molecular weight excluding hydrogens is 249 g/mol. The van der Waals surface area contributed by atoms with E-state index in [1.54, 1.807) is 26.5 Å². The Hall–Kier alpha value is -0.610. The van der Waals surface area contributed by atoms with E-state index in [9.17, 15) is 0 Å². The van der Waals surface area contributed by atoms with Gasteiger partial charge in [0.25, 0.3) is 0 Å². The summed E-state index contributed by atoms with van der Waals surface area (Å²) < 4.78 is 9.99. The summed E-state index contributed by atoms with van der Waals surface area (Å²) in [6.45, 7) is 0.413. The summed E-state index contributed by atoms with van der Waals surface area (Å²) in [5.41, 5.74) is 0.778. The van der Waals surface area contributed by atoms with E-state index in [4.69, 9.17) is 32.7 Å². The van der Waals surface area contributed by atoms with E-state index in [-0.39, 0.29) is 6.29 Å². The van der Waals surface area contributed by atoms with Gasteiger partial charge < -0.3 is 9.47 Å². The minimum atomic E-state index is -0.339. The van der Waals surface area contributed by atoms with Crippen molar-refractivity contribution in [3.05, 3.63) is 33.8 Å². The normalized spacial score (nSPS) is 11.6. The summed E-state index contributed by atoms with van der Waals surface area (Å²) in [6.07, 6.45) is 1.31. The zero-order valence-electron chi connectivity index (χ0n) is 9.11. The number of aliphatic imine (C=N–C) groups is 1. The summed E-state index contributed by atoms with van der Waals surface area (Å²) in [7, 11) is 3.13. The van der Waals surface area contributed by atoms with Gasteiger partial charge in [0.15, 0.2) is 6.29 Å². The Labute approximate surface area is 105 Å². The van der Waals surface area contributed by atoms with Crippen molar-refractivity contribution in [2.24, 2.45) is 4.99 Å². The maximum absolute atomic E-state index is 5.99. The molecule has 1 rings (SSSR count). The Bertz CT molecular complexity index is 365. The molecule has 0 unspecified atom stereocenters. The molecule has 1 aromatic rings. The van der Waals surface area contributed by atoms with Crippen molar-refractivity contribution in [2.75, 3.05) is 20.8 Å². The molecule has 0 radical (unpaired) electrons. The van der Waals surface area contributed by atoms with Crippen molar-refractivity contribution in [2.45, 2.75) is 6.29 Å². The van der Waals surface area contributed by atoms with Crippen molar-refractivity contribution >= 4 is 29.4 Å². The molecule has 0 spiro atoms. The second-order valence-corrected chi connectivity index (χ2v) is 3.82. The smallest absolute Gasteiger partial charge is 0.176 e. The zero-order chi connectivity index (χ0) is 12.0. The lowest BCUT2D eigenvalue weighted by Gasteiger charge is -2.09. The fourth-order valence-electron chi connectivity index (χ4n) is 1.10. The van der Waals surface area contributed by atoms with E-state index in [1.165, 1.54) is 0 Å². The van der Waals surface area contributed by atoms with E-state index in [2.05, 4.69) is 4.99 Å². The van der Waals surface area contributed by atoms with Gasteiger partial charge in [-0.3, -0.25) is 4.99 Å². The van der Waals surface area contributed by atoms with Crippen LogP contribution in [0, 0.1) is 0 Å². The first-order chi connectivity index (χ1) is 7.69. The highest BCUT2D eigenvalue weighted by molar-refractivity contribution is 6.43. The molecule has 3 nitrogen and oxygen atoms in total. The zero-order valence-corrected chi connectivity index (χ0v) is 10.6. The molecule has 16 heavy (non-hydrogen) atoms. The lowest BCUT2D eigenvalue weighted by Crippen LogP contribution is -2.16. The molecule has 0 aliphatic heterocycles. The van der Waals surface area contributed by atoms with Crippen LogP contribution >= 0.6 is 23.2 Å². The van der Waals surface area contributed by atoms with Crippen molar-refractivity contribution in [3.8, 4) is 0 Å². The van der Waals surface area contributed by atoms with Gasteiger partial charge in [0.05, 0.1) is 16.6 Å². The van der Waals surface area contributed by atoms with Gasteiger partial charge in [0, 0.05) is 26.0 Å². The summed E-state index contributed by atoms with van der Waals surface area (Å²) in [6, 6.07) is 5.39. The SMILES string of the molecule is COC(C/N=C\c1cccc(Cl)c1Cl)OC. The maximum atomic E-state index is 5.99. The molecule has 0 atom stereocenters. The molecule has 0 heterocycles. The van der Waals surface area contributed by atoms with Crippen LogP contribution in [0.15, 0.2) is 23.2 Å². The first-order valence-electron chi connectivity index (χ1n) is 4.68. The molecule has 0 fully saturated rings. The first kappa shape index (κ1) is 13.5. The predicted molar refractivity (Wildman–Crippen MR) is 66.7 cm³/mol. The predicted octanol–water partition coefficient (Wildman–Crippen LogP) is 3.03. The number of nitrogens with zero attached hydrogens (tertiary/aromatic N) is 1. The molecule has 0 N–H and O–H groups in total. The molecule has 1 aromatic carbocycles. The van der Waals surface area contributed by atoms with Crippen LogP contribution in [0.2, 0.25) is 10.0 Å². The van der Waals surface area contributed by atoms with Crippen molar-refractivity contribution in [1.29, 1.82) is 0 Å². The summed E-state index contributed by atoms with van der Waals surface area (Å²) in [5.74, 6) is 0. The molecule has 0 saturated heterocycles. The topological polar surface area (TPSA) is 30.8 Å². The monoisotopic (exact) mass is 261 g/mol. The number of ether oxygens (including phenoxy) is 2. The Kier molecular flexibility index (Phi) is 5.77. The van der Waals surface area contributed by atoms with Crippen LogP contribution in [0.4, 0.5) is 0 Å². The van der Waals surface area contributed by atoms with Gasteiger partial charge in [0.1, 0.15) is 0 Å². The quantitative estimate of drug-likeness (QED) is 0.603. The standard InChI is InChI=1S/C11H13Cl2NO2/c1-15-10(16-2)7-14-6-8-4-3-5-9(12)11(8)13/h3-6,10H,7H2,1-2H3/b14-6-. The van der Waals surface area contributed by atoms with Gasteiger partial charge in [0.2, 0.25) is 0 Å². The van der Waals surface area contributed by atoms with E-state index in [0.29, 0.717) is 16.6 Å². The van der Waals surface area contributed by atoms with Crippen LogP contribution in [-0.4, -0.2) is 33.3 Å². The van der Waals surface area contributed by atoms with Gasteiger partial charge in [-0.1, -0.05) is 35.3 Å². The minimum Gasteiger partial charge on any atom is -0.354 e. The van der Waals surface area contributed by atoms with Crippen LogP contribution < -0.4 is 0 Å². The average molecular weight is 262 g/mol. The van der Waals surface area contributed by atoms with E-state index < -0.39 is 0 Å². The number of benzene rings is 1. The van der Waals surface area contributed by atoms with Gasteiger partial charge >= 0.3 is 0 Å². The van der Waals surface area contributed by atoms with Crippen LogP contribution in [0.25, 0.3) is 0 Å². The summed E-state index contributed by atoms with van der Waals surface area (Å²) in [4.78, 5) is 4.17. The van der Waals surface area contributed by atoms with E-state index in [0.717, 1.165) is 5.56 Å². The van der Waals surface area contributed by atoms with E-state index >= 15 is 0 Å². The molecule has 0 bridgehead atoms. The molecular formula is C11H13Cl2NO2. The van der Waals surface area contributed by atoms with Gasteiger partial charge in [-0.2, -0.15) is 0 Å². The molecule has 0 aliphatic carbocycles. The Morgan fingerprint density at radius 2 is 2.00 bits per heavy atom. The minimum absolute atomic E-state index is 0.339. The second-order valence-electron chi connectivity index (χ2n) is 3.04. The molecule has 0 amide bonds. The Balaban J connectivity index is 2.66. The lowest BCUT2D eigenvalue weighted by molar-refractivity contribution is -0.0936. The molecule has 0 aromatic heterocycles. The van der Waals surface area contributed by atoms with E-state index in [1.807, 2.05) is 12.1 Å². The fourth-order valence-corrected chi connectivity index (χ4v) is 1.46. The number of rotatable bonds is 5. The van der Waals surface area contributed by atoms with Crippen LogP contribution in [-0.2, 0) is 9.47 Å². The number of hydrogen-bond donors (Lipinski definition) is 0. The summed E-state index contributed by atoms with van der Waals surface area (Å²) >= 11 is 11.9. The van der Waals surface area contributed by atoms with Crippen LogP contribution in [0.3, 0.4) is 0 Å². The average Bonchev–Trinajstić information content (AvgIpc) is 2.30. The number of halogens is 2. The van der Waals surface area contributed by atoms with Crippen molar-refractivity contribution in [1.82, 2.24) is 0 Å². The van der Waals surface area contributed by atoms with Crippen LogP contribution in [0.5, 0.6) is 0 Å². The molecule has 0 saturated carbocycles. The Morgan fingerprint density at radius 3 is 2.62 bits per heavy atom. The van der Waals surface area contributed by atoms with Gasteiger partial charge in [-0.25, -0.2) is 0 Å². The number of hydrogen-bond acceptors (Lipinski definition) is 3. The highest BCUT2D eigenvalue weighted by Crippen LogP contribution is 2.24. The molecule has 88 valence electrons. The fraction of sp³-hybridized carbons (Fsp3) is 0.364. The third kappa shape index (κ3) is 3.76. The summed E-state index contributed by atoms with van der Waals surface area (Å²) in [5, 5.41) is 1.01.